The molecule has 0 aliphatic rings. The van der Waals surface area contributed by atoms with Crippen molar-refractivity contribution in [2.45, 2.75) is 39.3 Å². The molecule has 0 spiro atoms. The van der Waals surface area contributed by atoms with Crippen molar-refractivity contribution in [3.8, 4) is 0 Å². The van der Waals surface area contributed by atoms with Gasteiger partial charge in [0.2, 0.25) is 0 Å². The van der Waals surface area contributed by atoms with Crippen molar-refractivity contribution in [3.05, 3.63) is 17.8 Å². The fraction of sp³-hybridized carbons (Fsp3) is 0.545. The Morgan fingerprint density at radius 1 is 1.50 bits per heavy atom. The van der Waals surface area contributed by atoms with E-state index < -0.39 is 23.7 Å². The molecule has 1 aromatic heterocycles. The number of amides is 1. The number of aromatic carboxylic acids is 1. The van der Waals surface area contributed by atoms with Gasteiger partial charge in [0.05, 0.1) is 6.04 Å². The molecule has 18 heavy (non-hydrogen) atoms. The highest BCUT2D eigenvalue weighted by Gasteiger charge is 2.24. The normalized spacial score (nSPS) is 12.9. The summed E-state index contributed by atoms with van der Waals surface area (Å²) in [6.45, 7) is 6.77. The molecular weight excluding hydrogens is 240 g/mol. The summed E-state index contributed by atoms with van der Waals surface area (Å²) in [6.07, 6.45) is 0.370. The minimum absolute atomic E-state index is 0.0772. The Morgan fingerprint density at radius 2 is 2.11 bits per heavy atom. The molecule has 7 heteroatoms. The third-order valence-electron chi connectivity index (χ3n) is 1.92. The third-order valence-corrected chi connectivity index (χ3v) is 1.92. The molecule has 2 N–H and O–H groups in total. The number of oxazole rings is 1. The molecule has 0 unspecified atom stereocenters. The van der Waals surface area contributed by atoms with Gasteiger partial charge in [0.1, 0.15) is 5.60 Å². The SMILES string of the molecule is C[C@H](NC(=O)OC(C)(C)C)c1ocnc1C(=O)O. The largest absolute Gasteiger partial charge is 0.476 e. The first-order valence-electron chi connectivity index (χ1n) is 5.37. The zero-order chi connectivity index (χ0) is 13.9. The fourth-order valence-corrected chi connectivity index (χ4v) is 1.27. The summed E-state index contributed by atoms with van der Waals surface area (Å²) in [6, 6.07) is -0.645. The van der Waals surface area contributed by atoms with Crippen LogP contribution in [0.25, 0.3) is 0 Å². The van der Waals surface area contributed by atoms with E-state index in [1.807, 2.05) is 0 Å². The van der Waals surface area contributed by atoms with Crippen LogP contribution in [-0.2, 0) is 4.74 Å². The summed E-state index contributed by atoms with van der Waals surface area (Å²) >= 11 is 0. The van der Waals surface area contributed by atoms with Crippen molar-refractivity contribution in [3.63, 3.8) is 0 Å². The molecule has 7 nitrogen and oxygen atoms in total. The van der Waals surface area contributed by atoms with E-state index in [9.17, 15) is 9.59 Å². The first kappa shape index (κ1) is 14.0. The monoisotopic (exact) mass is 256 g/mol. The molecule has 0 saturated carbocycles. The highest BCUT2D eigenvalue weighted by Crippen LogP contribution is 2.17. The molecule has 1 aromatic rings. The lowest BCUT2D eigenvalue weighted by Crippen LogP contribution is -2.34. The van der Waals surface area contributed by atoms with Gasteiger partial charge >= 0.3 is 12.1 Å². The number of hydrogen-bond donors (Lipinski definition) is 2. The van der Waals surface area contributed by atoms with Crippen LogP contribution in [0.3, 0.4) is 0 Å². The zero-order valence-electron chi connectivity index (χ0n) is 10.7. The topological polar surface area (TPSA) is 102 Å². The third kappa shape index (κ3) is 3.76. The van der Waals surface area contributed by atoms with Gasteiger partial charge in [0, 0.05) is 0 Å². The van der Waals surface area contributed by atoms with Gasteiger partial charge in [0.25, 0.3) is 0 Å². The van der Waals surface area contributed by atoms with E-state index in [1.54, 1.807) is 27.7 Å². The molecule has 0 fully saturated rings. The van der Waals surface area contributed by atoms with Crippen molar-refractivity contribution in [2.75, 3.05) is 0 Å². The second kappa shape index (κ2) is 5.07. The Labute approximate surface area is 104 Å². The Kier molecular flexibility index (Phi) is 3.95. The van der Waals surface area contributed by atoms with Crippen LogP contribution in [0.15, 0.2) is 10.8 Å². The summed E-state index contributed by atoms with van der Waals surface area (Å²) in [5.41, 5.74) is -0.848. The summed E-state index contributed by atoms with van der Waals surface area (Å²) in [7, 11) is 0. The molecule has 100 valence electrons. The lowest BCUT2D eigenvalue weighted by Gasteiger charge is -2.21. The summed E-state index contributed by atoms with van der Waals surface area (Å²) < 4.78 is 10.0. The van der Waals surface area contributed by atoms with Crippen LogP contribution in [0.4, 0.5) is 4.79 Å². The van der Waals surface area contributed by atoms with Crippen LogP contribution in [0.1, 0.15) is 50.0 Å². The second-order valence-electron chi connectivity index (χ2n) is 4.74. The van der Waals surface area contributed by atoms with Gasteiger partial charge in [-0.05, 0) is 27.7 Å². The van der Waals surface area contributed by atoms with Crippen LogP contribution in [-0.4, -0.2) is 27.8 Å². The van der Waals surface area contributed by atoms with Gasteiger partial charge in [-0.3, -0.25) is 0 Å². The van der Waals surface area contributed by atoms with E-state index in [4.69, 9.17) is 14.3 Å². The standard InChI is InChI=1S/C11H16N2O5/c1-6(13-10(16)18-11(2,3)4)8-7(9(14)15)12-5-17-8/h5-6H,1-4H3,(H,13,16)(H,14,15)/t6-/m0/s1. The molecule has 1 heterocycles. The predicted octanol–water partition coefficient (Wildman–Crippen LogP) is 1.96. The van der Waals surface area contributed by atoms with E-state index >= 15 is 0 Å². The second-order valence-corrected chi connectivity index (χ2v) is 4.74. The molecular formula is C11H16N2O5. The summed E-state index contributed by atoms with van der Waals surface area (Å²) in [5, 5.41) is 11.3. The van der Waals surface area contributed by atoms with Crippen LogP contribution in [0.2, 0.25) is 0 Å². The van der Waals surface area contributed by atoms with Crippen LogP contribution >= 0.6 is 0 Å². The molecule has 0 saturated heterocycles. The molecule has 0 bridgehead atoms. The molecule has 0 radical (unpaired) electrons. The number of carboxylic acid groups (broad SMARTS) is 1. The number of carboxylic acids is 1. The highest BCUT2D eigenvalue weighted by atomic mass is 16.6. The number of alkyl carbamates (subject to hydrolysis) is 1. The lowest BCUT2D eigenvalue weighted by molar-refractivity contribution is 0.0498. The van der Waals surface area contributed by atoms with E-state index in [-0.39, 0.29) is 11.5 Å². The first-order chi connectivity index (χ1) is 8.20. The van der Waals surface area contributed by atoms with Gasteiger partial charge in [-0.2, -0.15) is 0 Å². The number of aromatic nitrogens is 1. The molecule has 0 aromatic carbocycles. The Balaban J connectivity index is 2.71. The molecule has 1 rings (SSSR count). The minimum atomic E-state index is -1.21. The zero-order valence-corrected chi connectivity index (χ0v) is 10.7. The fourth-order valence-electron chi connectivity index (χ4n) is 1.27. The van der Waals surface area contributed by atoms with Crippen LogP contribution in [0.5, 0.6) is 0 Å². The maximum atomic E-state index is 11.5. The predicted molar refractivity (Wildman–Crippen MR) is 61.2 cm³/mol. The number of hydrogen-bond acceptors (Lipinski definition) is 5. The molecule has 0 aliphatic carbocycles. The van der Waals surface area contributed by atoms with Crippen molar-refractivity contribution >= 4 is 12.1 Å². The van der Waals surface area contributed by atoms with Gasteiger partial charge < -0.3 is 19.6 Å². The smallest absolute Gasteiger partial charge is 0.408 e. The van der Waals surface area contributed by atoms with Crippen molar-refractivity contribution < 1.29 is 23.8 Å². The number of rotatable bonds is 3. The first-order valence-corrected chi connectivity index (χ1v) is 5.37. The summed E-state index contributed by atoms with van der Waals surface area (Å²) in [5.74, 6) is -1.13. The Bertz CT molecular complexity index is 447. The number of nitrogens with one attached hydrogen (secondary N) is 1. The highest BCUT2D eigenvalue weighted by molar-refractivity contribution is 5.86. The van der Waals surface area contributed by atoms with Crippen LogP contribution in [0, 0.1) is 0 Å². The maximum absolute atomic E-state index is 11.5. The average molecular weight is 256 g/mol. The maximum Gasteiger partial charge on any atom is 0.408 e. The van der Waals surface area contributed by atoms with Gasteiger partial charge in [-0.1, -0.05) is 0 Å². The van der Waals surface area contributed by atoms with Crippen molar-refractivity contribution in [2.24, 2.45) is 0 Å². The van der Waals surface area contributed by atoms with Crippen molar-refractivity contribution in [1.82, 2.24) is 10.3 Å². The lowest BCUT2D eigenvalue weighted by atomic mass is 10.2. The number of carbonyl (C=O) groups is 2. The van der Waals surface area contributed by atoms with Gasteiger partial charge in [0.15, 0.2) is 17.8 Å². The van der Waals surface area contributed by atoms with Crippen LogP contribution < -0.4 is 5.32 Å². The molecule has 0 aliphatic heterocycles. The van der Waals surface area contributed by atoms with E-state index in [0.29, 0.717) is 0 Å². The number of ether oxygens (including phenoxy) is 1. The van der Waals surface area contributed by atoms with Gasteiger partial charge in [-0.25, -0.2) is 14.6 Å². The number of carbonyl (C=O) groups excluding carboxylic acids is 1. The van der Waals surface area contributed by atoms with E-state index in [1.165, 1.54) is 0 Å². The van der Waals surface area contributed by atoms with E-state index in [2.05, 4.69) is 10.3 Å². The summed E-state index contributed by atoms with van der Waals surface area (Å²) in [4.78, 5) is 25.9. The minimum Gasteiger partial charge on any atom is -0.476 e. The quantitative estimate of drug-likeness (QED) is 0.857. The Morgan fingerprint density at radius 3 is 2.61 bits per heavy atom. The Hall–Kier alpha value is -2.05. The molecule has 1 atom stereocenters. The molecule has 1 amide bonds. The van der Waals surface area contributed by atoms with Gasteiger partial charge in [-0.15, -0.1) is 0 Å². The average Bonchev–Trinajstić information content (AvgIpc) is 2.61. The van der Waals surface area contributed by atoms with Crippen molar-refractivity contribution in [1.29, 1.82) is 0 Å². The number of nitrogens with zero attached hydrogens (tertiary/aromatic N) is 1. The van der Waals surface area contributed by atoms with E-state index in [0.717, 1.165) is 6.39 Å².